The lowest BCUT2D eigenvalue weighted by molar-refractivity contribution is 0.210. The van der Waals surface area contributed by atoms with E-state index in [-0.39, 0.29) is 5.95 Å². The Morgan fingerprint density at radius 3 is 2.96 bits per heavy atom. The molecule has 3 aromatic rings. The van der Waals surface area contributed by atoms with Crippen molar-refractivity contribution >= 4 is 22.9 Å². The molecule has 0 saturated carbocycles. The summed E-state index contributed by atoms with van der Waals surface area (Å²) in [6.07, 6.45) is 8.91. The zero-order valence-electron chi connectivity index (χ0n) is 12.6. The highest BCUT2D eigenvalue weighted by Gasteiger charge is 2.14. The predicted octanol–water partition coefficient (Wildman–Crippen LogP) is 1.39. The summed E-state index contributed by atoms with van der Waals surface area (Å²) >= 11 is 0. The Labute approximate surface area is 133 Å². The first-order valence-corrected chi connectivity index (χ1v) is 7.00. The van der Waals surface area contributed by atoms with Gasteiger partial charge in [0, 0.05) is 31.5 Å². The number of nitrogens with zero attached hydrogens (tertiary/aromatic N) is 4. The average Bonchev–Trinajstić information content (AvgIpc) is 2.92. The second kappa shape index (κ2) is 6.34. The van der Waals surface area contributed by atoms with Gasteiger partial charge in [-0.25, -0.2) is 9.97 Å². The Hall–Kier alpha value is -3.11. The lowest BCUT2D eigenvalue weighted by Crippen LogP contribution is -2.12. The number of nitrogen functional groups attached to an aromatic ring is 1. The van der Waals surface area contributed by atoms with Gasteiger partial charge in [-0.3, -0.25) is 4.57 Å². The summed E-state index contributed by atoms with van der Waals surface area (Å²) in [7, 11) is 1.64. The Kier molecular flexibility index (Phi) is 4.08. The third kappa shape index (κ3) is 2.93. The van der Waals surface area contributed by atoms with Crippen LogP contribution in [-0.4, -0.2) is 39.8 Å². The van der Waals surface area contributed by atoms with Crippen molar-refractivity contribution in [1.82, 2.24) is 19.5 Å². The van der Waals surface area contributed by atoms with E-state index in [9.17, 15) is 0 Å². The lowest BCUT2D eigenvalue weighted by Gasteiger charge is -2.10. The summed E-state index contributed by atoms with van der Waals surface area (Å²) in [5, 5.41) is 3.22. The van der Waals surface area contributed by atoms with Crippen LogP contribution in [0.2, 0.25) is 0 Å². The van der Waals surface area contributed by atoms with Crippen LogP contribution in [0.1, 0.15) is 5.56 Å². The zero-order valence-corrected chi connectivity index (χ0v) is 12.6. The van der Waals surface area contributed by atoms with E-state index in [1.807, 2.05) is 16.7 Å². The fourth-order valence-corrected chi connectivity index (χ4v) is 2.26. The van der Waals surface area contributed by atoms with E-state index in [0.717, 1.165) is 11.0 Å². The molecule has 0 spiro atoms. The SMILES string of the molecule is [C]#Cc1ccc2nc(NCCOC)n(-c3ccnc(N)n3)c2c1. The molecule has 0 aliphatic heterocycles. The molecule has 0 atom stereocenters. The van der Waals surface area contributed by atoms with E-state index < -0.39 is 0 Å². The van der Waals surface area contributed by atoms with Gasteiger partial charge in [0.25, 0.3) is 0 Å². The van der Waals surface area contributed by atoms with Crippen LogP contribution in [0.25, 0.3) is 16.9 Å². The molecule has 1 radical (unpaired) electrons. The quantitative estimate of drug-likeness (QED) is 0.547. The maximum Gasteiger partial charge on any atom is 0.221 e. The summed E-state index contributed by atoms with van der Waals surface area (Å²) in [6, 6.07) is 7.21. The Morgan fingerprint density at radius 2 is 2.22 bits per heavy atom. The first kappa shape index (κ1) is 14.8. The molecule has 0 amide bonds. The molecule has 115 valence electrons. The minimum Gasteiger partial charge on any atom is -0.383 e. The number of ether oxygens (including phenoxy) is 1. The molecular formula is C16H15N6O. The molecule has 3 N–H and O–H groups in total. The molecule has 7 nitrogen and oxygen atoms in total. The maximum absolute atomic E-state index is 7.31. The summed E-state index contributed by atoms with van der Waals surface area (Å²) in [5.74, 6) is 3.79. The molecule has 7 heteroatoms. The number of rotatable bonds is 5. The summed E-state index contributed by atoms with van der Waals surface area (Å²) in [4.78, 5) is 12.8. The van der Waals surface area contributed by atoms with Gasteiger partial charge in [0.15, 0.2) is 0 Å². The van der Waals surface area contributed by atoms with Crippen molar-refractivity contribution in [1.29, 1.82) is 0 Å². The van der Waals surface area contributed by atoms with Crippen LogP contribution in [0.4, 0.5) is 11.9 Å². The topological polar surface area (TPSA) is 90.9 Å². The second-order valence-corrected chi connectivity index (χ2v) is 4.79. The Bertz CT molecular complexity index is 880. The fraction of sp³-hybridized carbons (Fsp3) is 0.188. The largest absolute Gasteiger partial charge is 0.383 e. The average molecular weight is 307 g/mol. The summed E-state index contributed by atoms with van der Waals surface area (Å²) < 4.78 is 6.90. The number of benzene rings is 1. The van der Waals surface area contributed by atoms with Crippen molar-refractivity contribution in [3.63, 3.8) is 0 Å². The first-order valence-electron chi connectivity index (χ1n) is 7.00. The maximum atomic E-state index is 7.31. The molecule has 3 rings (SSSR count). The van der Waals surface area contributed by atoms with Crippen LogP contribution in [-0.2, 0) is 4.74 Å². The second-order valence-electron chi connectivity index (χ2n) is 4.79. The smallest absolute Gasteiger partial charge is 0.221 e. The van der Waals surface area contributed by atoms with E-state index in [0.29, 0.717) is 30.5 Å². The number of nitrogens with two attached hydrogens (primary N) is 1. The van der Waals surface area contributed by atoms with E-state index in [1.165, 1.54) is 0 Å². The molecule has 0 aliphatic carbocycles. The van der Waals surface area contributed by atoms with Crippen LogP contribution in [0.3, 0.4) is 0 Å². The van der Waals surface area contributed by atoms with E-state index in [4.69, 9.17) is 16.9 Å². The number of fused-ring (bicyclic) bond motifs is 1. The predicted molar refractivity (Wildman–Crippen MR) is 87.7 cm³/mol. The van der Waals surface area contributed by atoms with Crippen molar-refractivity contribution in [2.45, 2.75) is 0 Å². The monoisotopic (exact) mass is 307 g/mol. The number of hydrogen-bond acceptors (Lipinski definition) is 6. The number of aromatic nitrogens is 4. The zero-order chi connectivity index (χ0) is 16.2. The molecule has 2 heterocycles. The van der Waals surface area contributed by atoms with Gasteiger partial charge < -0.3 is 15.8 Å². The van der Waals surface area contributed by atoms with Gasteiger partial charge in [-0.1, -0.05) is 5.92 Å². The minimum atomic E-state index is 0.182. The first-order chi connectivity index (χ1) is 11.2. The van der Waals surface area contributed by atoms with Gasteiger partial charge in [-0.2, -0.15) is 4.98 Å². The molecule has 0 aliphatic rings. The van der Waals surface area contributed by atoms with E-state index in [2.05, 4.69) is 26.2 Å². The van der Waals surface area contributed by atoms with Crippen LogP contribution in [0.5, 0.6) is 0 Å². The highest BCUT2D eigenvalue weighted by molar-refractivity contribution is 5.82. The van der Waals surface area contributed by atoms with Crippen molar-refractivity contribution in [2.75, 3.05) is 31.3 Å². The van der Waals surface area contributed by atoms with Gasteiger partial charge in [0.2, 0.25) is 11.9 Å². The third-order valence-electron chi connectivity index (χ3n) is 3.28. The third-order valence-corrected chi connectivity index (χ3v) is 3.28. The number of imidazole rings is 1. The normalized spacial score (nSPS) is 10.6. The Balaban J connectivity index is 2.17. The molecule has 0 saturated heterocycles. The highest BCUT2D eigenvalue weighted by atomic mass is 16.5. The summed E-state index contributed by atoms with van der Waals surface area (Å²) in [6.45, 7) is 1.15. The van der Waals surface area contributed by atoms with Gasteiger partial charge in [0.1, 0.15) is 5.82 Å². The standard InChI is InChI=1S/C16H15N6O/c1-3-11-4-5-12-13(10-11)22(14-6-7-18-15(17)21-14)16(20-12)19-8-9-23-2/h4-7,10H,8-9H2,2H3,(H,19,20)(H2,17,18,21). The molecule has 1 aromatic carbocycles. The molecule has 0 bridgehead atoms. The van der Waals surface area contributed by atoms with Crippen molar-refractivity contribution in [3.8, 4) is 11.7 Å². The molecule has 2 aromatic heterocycles. The number of nitrogens with one attached hydrogen (secondary N) is 1. The van der Waals surface area contributed by atoms with Crippen LogP contribution >= 0.6 is 0 Å². The van der Waals surface area contributed by atoms with Crippen LogP contribution in [0.15, 0.2) is 30.5 Å². The van der Waals surface area contributed by atoms with Crippen molar-refractivity contribution in [2.24, 2.45) is 0 Å². The Morgan fingerprint density at radius 1 is 1.35 bits per heavy atom. The number of hydrogen-bond donors (Lipinski definition) is 2. The molecular weight excluding hydrogens is 292 g/mol. The van der Waals surface area contributed by atoms with E-state index in [1.54, 1.807) is 25.4 Å². The minimum absolute atomic E-state index is 0.182. The van der Waals surface area contributed by atoms with Crippen LogP contribution in [0, 0.1) is 12.3 Å². The number of methoxy groups -OCH3 is 1. The van der Waals surface area contributed by atoms with Crippen LogP contribution < -0.4 is 11.1 Å². The van der Waals surface area contributed by atoms with Gasteiger partial charge in [-0.15, -0.1) is 0 Å². The highest BCUT2D eigenvalue weighted by Crippen LogP contribution is 2.24. The number of anilines is 2. The molecule has 0 fully saturated rings. The fourth-order valence-electron chi connectivity index (χ4n) is 2.26. The lowest BCUT2D eigenvalue weighted by atomic mass is 10.2. The van der Waals surface area contributed by atoms with Gasteiger partial charge >= 0.3 is 0 Å². The summed E-state index contributed by atoms with van der Waals surface area (Å²) in [5.41, 5.74) is 7.94. The van der Waals surface area contributed by atoms with Crippen molar-refractivity contribution < 1.29 is 4.74 Å². The van der Waals surface area contributed by atoms with Gasteiger partial charge in [0.05, 0.1) is 17.6 Å². The van der Waals surface area contributed by atoms with Crippen molar-refractivity contribution in [3.05, 3.63) is 42.4 Å². The van der Waals surface area contributed by atoms with Gasteiger partial charge in [-0.05, 0) is 24.6 Å². The van der Waals surface area contributed by atoms with E-state index >= 15 is 0 Å². The molecule has 23 heavy (non-hydrogen) atoms. The molecule has 0 unspecified atom stereocenters.